The lowest BCUT2D eigenvalue weighted by Crippen LogP contribution is -2.20. The number of nitrogens with zero attached hydrogens (tertiary/aromatic N) is 5. The van der Waals surface area contributed by atoms with E-state index in [1.807, 2.05) is 34.9 Å². The van der Waals surface area contributed by atoms with Crippen molar-refractivity contribution in [2.45, 2.75) is 18.2 Å². The molecular weight excluding hydrogens is 574 g/mol. The van der Waals surface area contributed by atoms with Gasteiger partial charge in [0.25, 0.3) is 5.91 Å². The first-order valence-electron chi connectivity index (χ1n) is 11.2. The zero-order valence-electron chi connectivity index (χ0n) is 19.9. The molecule has 0 aliphatic heterocycles. The number of carbonyl (C=O) groups excluding carboxylic acids is 1. The van der Waals surface area contributed by atoms with Gasteiger partial charge >= 0.3 is 5.69 Å². The molecule has 4 aromatic rings. The predicted molar refractivity (Wildman–Crippen MR) is 150 cm³/mol. The molecule has 0 aliphatic carbocycles. The van der Waals surface area contributed by atoms with Gasteiger partial charge in [-0.15, -0.1) is 16.8 Å². The fraction of sp³-hybridized carbons (Fsp3) is 0.120. The summed E-state index contributed by atoms with van der Waals surface area (Å²) in [4.78, 5) is 22.7. The highest BCUT2D eigenvalue weighted by molar-refractivity contribution is 9.10. The Kier molecular flexibility index (Phi) is 8.71. The third-order valence-electron chi connectivity index (χ3n) is 5.34. The van der Waals surface area contributed by atoms with E-state index in [9.17, 15) is 20.0 Å². The van der Waals surface area contributed by atoms with E-state index in [1.165, 1.54) is 23.9 Å². The summed E-state index contributed by atoms with van der Waals surface area (Å²) in [6, 6.07) is 16.7. The SMILES string of the molecule is C=CCn1c(CNc2cccc3ccccc23)nnc1SCC(=O)NN=Cc1cc(Br)cc([N+](=O)[O-])c1O. The van der Waals surface area contributed by atoms with Crippen LogP contribution in [0.15, 0.2) is 82.0 Å². The van der Waals surface area contributed by atoms with Crippen LogP contribution in [0.3, 0.4) is 0 Å². The largest absolute Gasteiger partial charge is 0.502 e. The molecule has 1 amide bonds. The molecule has 0 fully saturated rings. The summed E-state index contributed by atoms with van der Waals surface area (Å²) >= 11 is 4.33. The Balaban J connectivity index is 1.38. The number of aromatic hydroxyl groups is 1. The second-order valence-electron chi connectivity index (χ2n) is 7.88. The van der Waals surface area contributed by atoms with Crippen LogP contribution in [-0.2, 0) is 17.9 Å². The minimum absolute atomic E-state index is 0.00597. The summed E-state index contributed by atoms with van der Waals surface area (Å²) < 4.78 is 2.25. The number of nitro groups is 1. The van der Waals surface area contributed by atoms with Gasteiger partial charge in [-0.1, -0.05) is 70.2 Å². The lowest BCUT2D eigenvalue weighted by Gasteiger charge is -2.11. The maximum atomic E-state index is 12.3. The molecule has 0 bridgehead atoms. The lowest BCUT2D eigenvalue weighted by molar-refractivity contribution is -0.385. The number of halogens is 1. The quantitative estimate of drug-likeness (QED) is 0.0732. The topological polar surface area (TPSA) is 148 Å². The van der Waals surface area contributed by atoms with Crippen LogP contribution in [0.2, 0.25) is 0 Å². The standard InChI is InChI=1S/C25H22BrN7O4S/c1-2-10-32-22(14-27-20-9-5-7-16-6-3-4-8-19(16)20)29-31-25(32)38-15-23(34)30-28-13-17-11-18(26)12-21(24(17)35)33(36)37/h2-9,11-13,27,35H,1,10,14-15H2,(H,30,34). The van der Waals surface area contributed by atoms with Crippen molar-refractivity contribution in [2.75, 3.05) is 11.1 Å². The van der Waals surface area contributed by atoms with E-state index < -0.39 is 22.3 Å². The third-order valence-corrected chi connectivity index (χ3v) is 6.76. The highest BCUT2D eigenvalue weighted by atomic mass is 79.9. The molecule has 3 aromatic carbocycles. The Labute approximate surface area is 229 Å². The molecule has 0 spiro atoms. The van der Waals surface area contributed by atoms with Gasteiger partial charge < -0.3 is 15.0 Å². The minimum Gasteiger partial charge on any atom is -0.502 e. The molecule has 0 aliphatic rings. The number of anilines is 1. The normalized spacial score (nSPS) is 11.1. The predicted octanol–water partition coefficient (Wildman–Crippen LogP) is 4.85. The third kappa shape index (κ3) is 6.36. The summed E-state index contributed by atoms with van der Waals surface area (Å²) in [6.45, 7) is 4.69. The summed E-state index contributed by atoms with van der Waals surface area (Å²) in [5.41, 5.74) is 2.92. The maximum absolute atomic E-state index is 12.3. The van der Waals surface area contributed by atoms with Crippen molar-refractivity contribution < 1.29 is 14.8 Å². The van der Waals surface area contributed by atoms with Crippen LogP contribution in [0.5, 0.6) is 5.75 Å². The van der Waals surface area contributed by atoms with E-state index in [-0.39, 0.29) is 11.3 Å². The highest BCUT2D eigenvalue weighted by Gasteiger charge is 2.18. The molecule has 194 valence electrons. The number of carbonyl (C=O) groups is 1. The van der Waals surface area contributed by atoms with E-state index in [0.29, 0.717) is 28.5 Å². The molecule has 0 atom stereocenters. The van der Waals surface area contributed by atoms with Gasteiger partial charge in [-0.2, -0.15) is 5.10 Å². The second-order valence-corrected chi connectivity index (χ2v) is 9.74. The lowest BCUT2D eigenvalue weighted by atomic mass is 10.1. The molecule has 0 radical (unpaired) electrons. The first-order valence-corrected chi connectivity index (χ1v) is 13.0. The molecule has 1 aromatic heterocycles. The van der Waals surface area contributed by atoms with Crippen molar-refractivity contribution in [3.8, 4) is 5.75 Å². The van der Waals surface area contributed by atoms with E-state index >= 15 is 0 Å². The zero-order valence-corrected chi connectivity index (χ0v) is 22.3. The molecule has 0 saturated heterocycles. The number of rotatable bonds is 11. The van der Waals surface area contributed by atoms with Crippen molar-refractivity contribution in [1.29, 1.82) is 0 Å². The number of allylic oxidation sites excluding steroid dienone is 1. The van der Waals surface area contributed by atoms with Crippen LogP contribution in [0.25, 0.3) is 10.8 Å². The fourth-order valence-electron chi connectivity index (χ4n) is 3.60. The number of hydrogen-bond donors (Lipinski definition) is 3. The van der Waals surface area contributed by atoms with Crippen LogP contribution in [0.1, 0.15) is 11.4 Å². The van der Waals surface area contributed by atoms with Gasteiger partial charge in [-0.3, -0.25) is 14.9 Å². The number of benzene rings is 3. The van der Waals surface area contributed by atoms with E-state index in [1.54, 1.807) is 6.08 Å². The fourth-order valence-corrected chi connectivity index (χ4v) is 4.82. The van der Waals surface area contributed by atoms with Gasteiger partial charge in [-0.25, -0.2) is 5.43 Å². The van der Waals surface area contributed by atoms with E-state index in [2.05, 4.69) is 60.7 Å². The molecule has 3 N–H and O–H groups in total. The van der Waals surface area contributed by atoms with Crippen molar-refractivity contribution in [3.05, 3.63) is 93.2 Å². The first kappa shape index (κ1) is 26.8. The molecule has 13 heteroatoms. The molecular formula is C25H22BrN7O4S. The average Bonchev–Trinajstić information content (AvgIpc) is 3.29. The van der Waals surface area contributed by atoms with E-state index in [4.69, 9.17) is 0 Å². The van der Waals surface area contributed by atoms with Gasteiger partial charge in [0.05, 0.1) is 23.4 Å². The number of aromatic nitrogens is 3. The van der Waals surface area contributed by atoms with Gasteiger partial charge in [0.15, 0.2) is 11.0 Å². The summed E-state index contributed by atoms with van der Waals surface area (Å²) in [5.74, 6) is -0.300. The first-order chi connectivity index (χ1) is 18.4. The van der Waals surface area contributed by atoms with Gasteiger partial charge in [0, 0.05) is 33.7 Å². The van der Waals surface area contributed by atoms with Gasteiger partial charge in [0.1, 0.15) is 0 Å². The Morgan fingerprint density at radius 2 is 2.03 bits per heavy atom. The number of phenolic OH excluding ortho intramolecular Hbond substituents is 1. The van der Waals surface area contributed by atoms with Crippen LogP contribution >= 0.6 is 27.7 Å². The Bertz CT molecular complexity index is 1530. The number of thioether (sulfide) groups is 1. The number of fused-ring (bicyclic) bond motifs is 1. The number of hydrazone groups is 1. The molecule has 1 heterocycles. The second kappa shape index (κ2) is 12.3. The number of hydrogen-bond acceptors (Lipinski definition) is 9. The smallest absolute Gasteiger partial charge is 0.312 e. The number of phenols is 1. The van der Waals surface area contributed by atoms with Crippen LogP contribution in [0.4, 0.5) is 11.4 Å². The Morgan fingerprint density at radius 3 is 2.82 bits per heavy atom. The Hall–Kier alpha value is -4.23. The minimum atomic E-state index is -0.710. The molecule has 38 heavy (non-hydrogen) atoms. The number of nitro benzene ring substituents is 1. The van der Waals surface area contributed by atoms with Gasteiger partial charge in [-0.05, 0) is 17.5 Å². The van der Waals surface area contributed by atoms with E-state index in [0.717, 1.165) is 22.7 Å². The average molecular weight is 596 g/mol. The summed E-state index contributed by atoms with van der Waals surface area (Å²) in [6.07, 6.45) is 2.86. The molecule has 0 saturated carbocycles. The molecule has 11 nitrogen and oxygen atoms in total. The number of amides is 1. The number of nitrogens with one attached hydrogen (secondary N) is 2. The molecule has 0 unspecified atom stereocenters. The Morgan fingerprint density at radius 1 is 1.24 bits per heavy atom. The zero-order chi connectivity index (χ0) is 27.1. The molecule has 4 rings (SSSR count). The van der Waals surface area contributed by atoms with Crippen molar-refractivity contribution in [1.82, 2.24) is 20.2 Å². The van der Waals surface area contributed by atoms with Crippen molar-refractivity contribution in [2.24, 2.45) is 5.10 Å². The maximum Gasteiger partial charge on any atom is 0.312 e. The van der Waals surface area contributed by atoms with Crippen molar-refractivity contribution in [3.63, 3.8) is 0 Å². The van der Waals surface area contributed by atoms with Crippen LogP contribution < -0.4 is 10.7 Å². The monoisotopic (exact) mass is 595 g/mol. The van der Waals surface area contributed by atoms with Crippen molar-refractivity contribution >= 4 is 62.0 Å². The van der Waals surface area contributed by atoms with Gasteiger partial charge in [0.2, 0.25) is 5.75 Å². The highest BCUT2D eigenvalue weighted by Crippen LogP contribution is 2.32. The summed E-state index contributed by atoms with van der Waals surface area (Å²) in [7, 11) is 0. The summed E-state index contributed by atoms with van der Waals surface area (Å²) in [5, 5.41) is 39.6. The van der Waals surface area contributed by atoms with Crippen LogP contribution in [-0.4, -0.2) is 42.7 Å². The van der Waals surface area contributed by atoms with Crippen LogP contribution in [0, 0.1) is 10.1 Å².